The molecule has 14 heavy (non-hydrogen) atoms. The minimum Gasteiger partial charge on any atom is -0.375 e. The van der Waals surface area contributed by atoms with E-state index in [4.69, 9.17) is 11.5 Å². The molecule has 3 nitrogen and oxygen atoms in total. The first kappa shape index (κ1) is 9.64. The molecule has 2 aromatic heterocycles. The third-order valence-corrected chi connectivity index (χ3v) is 3.66. The van der Waals surface area contributed by atoms with Gasteiger partial charge in [-0.25, -0.2) is 4.98 Å². The lowest BCUT2D eigenvalue weighted by molar-refractivity contribution is 0.987. The van der Waals surface area contributed by atoms with Crippen LogP contribution in [0.4, 0.5) is 5.13 Å². The molecule has 5 heteroatoms. The van der Waals surface area contributed by atoms with Gasteiger partial charge in [0.1, 0.15) is 0 Å². The second-order valence-electron chi connectivity index (χ2n) is 2.84. The van der Waals surface area contributed by atoms with E-state index in [1.165, 1.54) is 21.1 Å². The highest BCUT2D eigenvalue weighted by Gasteiger charge is 2.11. The number of thiophene rings is 1. The minimum atomic E-state index is 0.622. The zero-order chi connectivity index (χ0) is 9.97. The van der Waals surface area contributed by atoms with Crippen LogP contribution in [0.3, 0.4) is 0 Å². The number of rotatable bonds is 3. The Morgan fingerprint density at radius 1 is 1.43 bits per heavy atom. The van der Waals surface area contributed by atoms with Crippen LogP contribution in [0, 0.1) is 0 Å². The second kappa shape index (κ2) is 4.08. The lowest BCUT2D eigenvalue weighted by Crippen LogP contribution is -2.01. The molecule has 0 unspecified atom stereocenters. The van der Waals surface area contributed by atoms with E-state index in [-0.39, 0.29) is 0 Å². The van der Waals surface area contributed by atoms with Crippen molar-refractivity contribution in [3.8, 4) is 10.6 Å². The monoisotopic (exact) mass is 225 g/mol. The third-order valence-electron chi connectivity index (χ3n) is 1.84. The molecule has 0 amide bonds. The van der Waals surface area contributed by atoms with Gasteiger partial charge < -0.3 is 11.5 Å². The zero-order valence-corrected chi connectivity index (χ0v) is 9.20. The Labute approximate surface area is 90.4 Å². The summed E-state index contributed by atoms with van der Waals surface area (Å²) in [5.74, 6) is 0. The van der Waals surface area contributed by atoms with Gasteiger partial charge in [-0.1, -0.05) is 6.07 Å². The van der Waals surface area contributed by atoms with Crippen molar-refractivity contribution in [1.82, 2.24) is 4.98 Å². The van der Waals surface area contributed by atoms with Crippen LogP contribution in [0.1, 0.15) is 4.88 Å². The van der Waals surface area contributed by atoms with E-state index >= 15 is 0 Å². The van der Waals surface area contributed by atoms with Gasteiger partial charge in [0.05, 0.1) is 10.6 Å². The van der Waals surface area contributed by atoms with Gasteiger partial charge in [-0.05, 0) is 24.4 Å². The van der Waals surface area contributed by atoms with Crippen molar-refractivity contribution in [2.24, 2.45) is 5.73 Å². The molecule has 0 saturated carbocycles. The highest BCUT2D eigenvalue weighted by molar-refractivity contribution is 7.17. The third kappa shape index (κ3) is 1.79. The van der Waals surface area contributed by atoms with E-state index in [0.29, 0.717) is 11.7 Å². The van der Waals surface area contributed by atoms with E-state index in [1.807, 2.05) is 11.4 Å². The SMILES string of the molecule is NCCc1sc(N)nc1-c1cccs1. The summed E-state index contributed by atoms with van der Waals surface area (Å²) in [4.78, 5) is 6.68. The van der Waals surface area contributed by atoms with Gasteiger partial charge in [0.25, 0.3) is 0 Å². The fourth-order valence-corrected chi connectivity index (χ4v) is 2.94. The molecular weight excluding hydrogens is 214 g/mol. The van der Waals surface area contributed by atoms with E-state index in [9.17, 15) is 0 Å². The summed E-state index contributed by atoms with van der Waals surface area (Å²) in [7, 11) is 0. The second-order valence-corrected chi connectivity index (χ2v) is 4.90. The number of aromatic nitrogens is 1. The summed E-state index contributed by atoms with van der Waals surface area (Å²) in [5.41, 5.74) is 12.2. The lowest BCUT2D eigenvalue weighted by Gasteiger charge is -1.96. The van der Waals surface area contributed by atoms with Gasteiger partial charge in [0, 0.05) is 4.88 Å². The van der Waals surface area contributed by atoms with Crippen molar-refractivity contribution >= 4 is 27.8 Å². The quantitative estimate of drug-likeness (QED) is 0.839. The van der Waals surface area contributed by atoms with E-state index in [2.05, 4.69) is 11.1 Å². The van der Waals surface area contributed by atoms with Gasteiger partial charge in [0.2, 0.25) is 0 Å². The summed E-state index contributed by atoms with van der Waals surface area (Å²) in [5, 5.41) is 2.66. The fraction of sp³-hybridized carbons (Fsp3) is 0.222. The highest BCUT2D eigenvalue weighted by Crippen LogP contribution is 2.32. The number of hydrogen-bond donors (Lipinski definition) is 2. The Kier molecular flexibility index (Phi) is 2.81. The number of thiazole rings is 1. The summed E-state index contributed by atoms with van der Waals surface area (Å²) >= 11 is 3.21. The maximum Gasteiger partial charge on any atom is 0.180 e. The predicted molar refractivity (Wildman–Crippen MR) is 62.6 cm³/mol. The zero-order valence-electron chi connectivity index (χ0n) is 7.56. The Morgan fingerprint density at radius 2 is 2.29 bits per heavy atom. The first-order chi connectivity index (χ1) is 6.81. The maximum absolute atomic E-state index is 5.69. The molecule has 2 heterocycles. The summed E-state index contributed by atoms with van der Waals surface area (Å²) < 4.78 is 0. The number of nitrogens with two attached hydrogens (primary N) is 2. The molecule has 0 aliphatic carbocycles. The average molecular weight is 225 g/mol. The number of hydrogen-bond acceptors (Lipinski definition) is 5. The fourth-order valence-electron chi connectivity index (χ4n) is 1.28. The molecule has 0 aliphatic heterocycles. The van der Waals surface area contributed by atoms with Crippen LogP contribution in [-0.2, 0) is 6.42 Å². The lowest BCUT2D eigenvalue weighted by atomic mass is 10.2. The van der Waals surface area contributed by atoms with Crippen LogP contribution >= 0.6 is 22.7 Å². The van der Waals surface area contributed by atoms with Gasteiger partial charge in [-0.3, -0.25) is 0 Å². The molecule has 4 N–H and O–H groups in total. The Bertz CT molecular complexity index is 406. The molecule has 2 aromatic rings. The molecule has 0 atom stereocenters. The first-order valence-corrected chi connectivity index (χ1v) is 6.00. The van der Waals surface area contributed by atoms with Crippen LogP contribution in [0.5, 0.6) is 0 Å². The van der Waals surface area contributed by atoms with Crippen molar-refractivity contribution in [3.63, 3.8) is 0 Å². The summed E-state index contributed by atoms with van der Waals surface area (Å²) in [6.45, 7) is 0.639. The predicted octanol–water partition coefficient (Wildman–Crippen LogP) is 1.96. The van der Waals surface area contributed by atoms with Gasteiger partial charge in [-0.2, -0.15) is 0 Å². The Balaban J connectivity index is 2.41. The number of nitrogen functional groups attached to an aromatic ring is 1. The number of nitrogens with zero attached hydrogens (tertiary/aromatic N) is 1. The van der Waals surface area contributed by atoms with Crippen molar-refractivity contribution < 1.29 is 0 Å². The van der Waals surface area contributed by atoms with Gasteiger partial charge in [-0.15, -0.1) is 22.7 Å². The van der Waals surface area contributed by atoms with E-state index in [1.54, 1.807) is 11.3 Å². The van der Waals surface area contributed by atoms with Gasteiger partial charge >= 0.3 is 0 Å². The van der Waals surface area contributed by atoms with Gasteiger partial charge in [0.15, 0.2) is 5.13 Å². The van der Waals surface area contributed by atoms with Crippen LogP contribution in [0.2, 0.25) is 0 Å². The topological polar surface area (TPSA) is 64.9 Å². The van der Waals surface area contributed by atoms with Crippen molar-refractivity contribution in [2.45, 2.75) is 6.42 Å². The minimum absolute atomic E-state index is 0.622. The van der Waals surface area contributed by atoms with Crippen molar-refractivity contribution in [2.75, 3.05) is 12.3 Å². The summed E-state index contributed by atoms with van der Waals surface area (Å²) in [6, 6.07) is 4.07. The molecule has 0 fully saturated rings. The number of anilines is 1. The van der Waals surface area contributed by atoms with Crippen molar-refractivity contribution in [3.05, 3.63) is 22.4 Å². The molecule has 2 rings (SSSR count). The first-order valence-electron chi connectivity index (χ1n) is 4.30. The smallest absolute Gasteiger partial charge is 0.180 e. The average Bonchev–Trinajstić information content (AvgIpc) is 2.74. The Hall–Kier alpha value is -0.910. The molecule has 0 bridgehead atoms. The highest BCUT2D eigenvalue weighted by atomic mass is 32.1. The van der Waals surface area contributed by atoms with Crippen LogP contribution in [-0.4, -0.2) is 11.5 Å². The molecule has 0 saturated heterocycles. The molecule has 74 valence electrons. The van der Waals surface area contributed by atoms with Crippen LogP contribution in [0.25, 0.3) is 10.6 Å². The molecule has 0 aromatic carbocycles. The largest absolute Gasteiger partial charge is 0.375 e. The van der Waals surface area contributed by atoms with E-state index < -0.39 is 0 Å². The molecule has 0 aliphatic rings. The van der Waals surface area contributed by atoms with Crippen molar-refractivity contribution in [1.29, 1.82) is 0 Å². The van der Waals surface area contributed by atoms with E-state index in [0.717, 1.165) is 12.1 Å². The van der Waals surface area contributed by atoms with Crippen LogP contribution < -0.4 is 11.5 Å². The normalized spacial score (nSPS) is 10.6. The van der Waals surface area contributed by atoms with Crippen LogP contribution in [0.15, 0.2) is 17.5 Å². The molecule has 0 spiro atoms. The molecular formula is C9H11N3S2. The standard InChI is InChI=1S/C9H11N3S2/c10-4-3-7-8(12-9(11)14-7)6-2-1-5-13-6/h1-2,5H,3-4,10H2,(H2,11,12). The summed E-state index contributed by atoms with van der Waals surface area (Å²) in [6.07, 6.45) is 0.849. The molecule has 0 radical (unpaired) electrons. The Morgan fingerprint density at radius 3 is 2.93 bits per heavy atom. The maximum atomic E-state index is 5.69.